The molecule has 4 aromatic rings. The maximum atomic E-state index is 12.5. The average Bonchev–Trinajstić information content (AvgIpc) is 3.31. The maximum absolute atomic E-state index is 12.5. The van der Waals surface area contributed by atoms with Crippen LogP contribution >= 0.6 is 0 Å². The van der Waals surface area contributed by atoms with E-state index in [2.05, 4.69) is 46.5 Å². The SMILES string of the molecule is CC(=O)Nc1ccc(CCn2c(O)c(Cc3ccc4[nH]cc(CCN(C)C)c4c3)[nH]c2=O)cc1. The van der Waals surface area contributed by atoms with Gasteiger partial charge in [-0.05, 0) is 67.9 Å². The van der Waals surface area contributed by atoms with Crippen molar-refractivity contribution in [2.75, 3.05) is 26.0 Å². The van der Waals surface area contributed by atoms with Gasteiger partial charge in [0.1, 0.15) is 0 Å². The van der Waals surface area contributed by atoms with E-state index in [0.717, 1.165) is 35.3 Å². The van der Waals surface area contributed by atoms with E-state index in [1.807, 2.05) is 36.4 Å². The number of aromatic nitrogens is 3. The molecule has 0 aliphatic carbocycles. The molecular formula is C26H31N5O3. The van der Waals surface area contributed by atoms with Gasteiger partial charge in [0.05, 0.1) is 5.69 Å². The van der Waals surface area contributed by atoms with Gasteiger partial charge in [0.25, 0.3) is 0 Å². The molecule has 8 heteroatoms. The summed E-state index contributed by atoms with van der Waals surface area (Å²) in [6.07, 6.45) is 4.01. The summed E-state index contributed by atoms with van der Waals surface area (Å²) in [5.41, 5.74) is 5.28. The minimum absolute atomic E-state index is 0.0261. The second-order valence-electron chi connectivity index (χ2n) is 8.94. The Kier molecular flexibility index (Phi) is 6.88. The lowest BCUT2D eigenvalue weighted by Gasteiger charge is -2.08. The molecule has 0 bridgehead atoms. The van der Waals surface area contributed by atoms with Crippen LogP contribution in [0.25, 0.3) is 10.9 Å². The van der Waals surface area contributed by atoms with Gasteiger partial charge < -0.3 is 25.3 Å². The number of carbonyl (C=O) groups is 1. The number of benzene rings is 2. The van der Waals surface area contributed by atoms with Gasteiger partial charge >= 0.3 is 5.69 Å². The van der Waals surface area contributed by atoms with Gasteiger partial charge in [0, 0.05) is 49.2 Å². The zero-order valence-corrected chi connectivity index (χ0v) is 19.8. The highest BCUT2D eigenvalue weighted by Crippen LogP contribution is 2.24. The van der Waals surface area contributed by atoms with Crippen molar-refractivity contribution < 1.29 is 9.90 Å². The van der Waals surface area contributed by atoms with Crippen LogP contribution in [0.15, 0.2) is 53.5 Å². The summed E-state index contributed by atoms with van der Waals surface area (Å²) in [4.78, 5) is 32.0. The minimum Gasteiger partial charge on any atom is -0.493 e. The summed E-state index contributed by atoms with van der Waals surface area (Å²) >= 11 is 0. The number of nitrogens with zero attached hydrogens (tertiary/aromatic N) is 2. The number of H-pyrrole nitrogens is 2. The molecule has 178 valence electrons. The van der Waals surface area contributed by atoms with E-state index in [1.165, 1.54) is 22.4 Å². The number of carbonyl (C=O) groups excluding carboxylic acids is 1. The summed E-state index contributed by atoms with van der Waals surface area (Å²) < 4.78 is 1.37. The first-order chi connectivity index (χ1) is 16.3. The van der Waals surface area contributed by atoms with E-state index in [-0.39, 0.29) is 17.5 Å². The number of fused-ring (bicyclic) bond motifs is 1. The van der Waals surface area contributed by atoms with Crippen molar-refractivity contribution in [2.45, 2.75) is 32.7 Å². The Labute approximate surface area is 198 Å². The lowest BCUT2D eigenvalue weighted by Crippen LogP contribution is -2.17. The number of hydrogen-bond donors (Lipinski definition) is 4. The van der Waals surface area contributed by atoms with E-state index in [4.69, 9.17) is 0 Å². The van der Waals surface area contributed by atoms with E-state index in [9.17, 15) is 14.7 Å². The number of aromatic hydroxyl groups is 1. The molecule has 8 nitrogen and oxygen atoms in total. The van der Waals surface area contributed by atoms with Crippen molar-refractivity contribution in [1.29, 1.82) is 0 Å². The van der Waals surface area contributed by atoms with Gasteiger partial charge in [-0.3, -0.25) is 9.36 Å². The van der Waals surface area contributed by atoms with Crippen molar-refractivity contribution in [2.24, 2.45) is 0 Å². The Bertz CT molecular complexity index is 1350. The summed E-state index contributed by atoms with van der Waals surface area (Å²) in [5, 5.41) is 14.6. The first-order valence-corrected chi connectivity index (χ1v) is 11.4. The second-order valence-corrected chi connectivity index (χ2v) is 8.94. The molecule has 2 aromatic heterocycles. The van der Waals surface area contributed by atoms with Crippen molar-refractivity contribution in [3.63, 3.8) is 0 Å². The van der Waals surface area contributed by atoms with Crippen molar-refractivity contribution in [1.82, 2.24) is 19.4 Å². The highest BCUT2D eigenvalue weighted by atomic mass is 16.3. The monoisotopic (exact) mass is 461 g/mol. The Morgan fingerprint density at radius 1 is 1.09 bits per heavy atom. The summed E-state index contributed by atoms with van der Waals surface area (Å²) in [7, 11) is 4.12. The first kappa shape index (κ1) is 23.4. The molecule has 0 saturated heterocycles. The molecule has 0 saturated carbocycles. The highest BCUT2D eigenvalue weighted by molar-refractivity contribution is 5.88. The Morgan fingerprint density at radius 3 is 2.53 bits per heavy atom. The van der Waals surface area contributed by atoms with Crippen LogP contribution in [-0.2, 0) is 30.6 Å². The zero-order chi connectivity index (χ0) is 24.2. The molecule has 0 aliphatic rings. The molecule has 0 spiro atoms. The lowest BCUT2D eigenvalue weighted by atomic mass is 10.0. The number of amides is 1. The predicted octanol–water partition coefficient (Wildman–Crippen LogP) is 3.26. The van der Waals surface area contributed by atoms with Gasteiger partial charge in [0.15, 0.2) is 0 Å². The second kappa shape index (κ2) is 10.0. The first-order valence-electron chi connectivity index (χ1n) is 11.4. The maximum Gasteiger partial charge on any atom is 0.328 e. The molecule has 0 unspecified atom stereocenters. The number of anilines is 1. The van der Waals surface area contributed by atoms with Crippen LogP contribution in [-0.4, -0.2) is 51.1 Å². The van der Waals surface area contributed by atoms with Gasteiger partial charge in [-0.1, -0.05) is 18.2 Å². The number of nitrogens with one attached hydrogen (secondary N) is 3. The van der Waals surface area contributed by atoms with Crippen LogP contribution in [0.3, 0.4) is 0 Å². The molecule has 34 heavy (non-hydrogen) atoms. The van der Waals surface area contributed by atoms with Crippen molar-refractivity contribution in [3.05, 3.63) is 81.5 Å². The van der Waals surface area contributed by atoms with E-state index in [1.54, 1.807) is 0 Å². The van der Waals surface area contributed by atoms with Crippen LogP contribution < -0.4 is 11.0 Å². The van der Waals surface area contributed by atoms with Gasteiger partial charge in [-0.2, -0.15) is 0 Å². The Morgan fingerprint density at radius 2 is 1.82 bits per heavy atom. The van der Waals surface area contributed by atoms with E-state index < -0.39 is 0 Å². The van der Waals surface area contributed by atoms with Gasteiger partial charge in [-0.15, -0.1) is 0 Å². The Hall–Kier alpha value is -3.78. The number of aryl methyl sites for hydroxylation is 1. The van der Waals surface area contributed by atoms with Crippen LogP contribution in [0.5, 0.6) is 5.88 Å². The van der Waals surface area contributed by atoms with Crippen LogP contribution in [0.1, 0.15) is 29.3 Å². The van der Waals surface area contributed by atoms with E-state index >= 15 is 0 Å². The largest absolute Gasteiger partial charge is 0.493 e. The molecule has 4 rings (SSSR count). The fraction of sp³-hybridized carbons (Fsp3) is 0.308. The fourth-order valence-corrected chi connectivity index (χ4v) is 4.13. The van der Waals surface area contributed by atoms with Crippen molar-refractivity contribution in [3.8, 4) is 5.88 Å². The van der Waals surface area contributed by atoms with Crippen LogP contribution in [0, 0.1) is 0 Å². The lowest BCUT2D eigenvalue weighted by molar-refractivity contribution is -0.114. The number of hydrogen-bond acceptors (Lipinski definition) is 4. The highest BCUT2D eigenvalue weighted by Gasteiger charge is 2.14. The quantitative estimate of drug-likeness (QED) is 0.307. The number of imidazole rings is 1. The molecule has 4 N–H and O–H groups in total. The molecule has 0 aliphatic heterocycles. The van der Waals surface area contributed by atoms with Crippen LogP contribution in [0.2, 0.25) is 0 Å². The number of aromatic amines is 2. The summed E-state index contributed by atoms with van der Waals surface area (Å²) in [5.74, 6) is -0.147. The third kappa shape index (κ3) is 5.40. The molecule has 0 fully saturated rings. The summed E-state index contributed by atoms with van der Waals surface area (Å²) in [6.45, 7) is 2.78. The summed E-state index contributed by atoms with van der Waals surface area (Å²) in [6, 6.07) is 13.6. The smallest absolute Gasteiger partial charge is 0.328 e. The van der Waals surface area contributed by atoms with E-state index in [0.29, 0.717) is 25.1 Å². The molecule has 1 amide bonds. The number of likely N-dealkylation sites (N-methyl/N-ethyl adjacent to an activating group) is 1. The third-order valence-electron chi connectivity index (χ3n) is 5.97. The molecule has 2 heterocycles. The number of rotatable bonds is 9. The average molecular weight is 462 g/mol. The molecular weight excluding hydrogens is 430 g/mol. The fourth-order valence-electron chi connectivity index (χ4n) is 4.13. The molecule has 0 atom stereocenters. The predicted molar refractivity (Wildman–Crippen MR) is 135 cm³/mol. The molecule has 2 aromatic carbocycles. The molecule has 0 radical (unpaired) electrons. The zero-order valence-electron chi connectivity index (χ0n) is 19.8. The van der Waals surface area contributed by atoms with Crippen molar-refractivity contribution >= 4 is 22.5 Å². The van der Waals surface area contributed by atoms with Crippen LogP contribution in [0.4, 0.5) is 5.69 Å². The van der Waals surface area contributed by atoms with Gasteiger partial charge in [0.2, 0.25) is 11.8 Å². The normalized spacial score (nSPS) is 11.4. The third-order valence-corrected chi connectivity index (χ3v) is 5.97. The Balaban J connectivity index is 1.47. The topological polar surface area (TPSA) is 106 Å². The minimum atomic E-state index is -0.322. The standard InChI is InChI=1S/C26H31N5O3/c1-17(32)28-21-7-4-18(5-8-21)10-13-31-25(33)24(29-26(31)34)15-19-6-9-23-22(14-19)20(16-27-23)11-12-30(2)3/h4-9,14,16,27,33H,10-13,15H2,1-3H3,(H,28,32)(H,29,34). The van der Waals surface area contributed by atoms with Gasteiger partial charge in [-0.25, -0.2) is 4.79 Å².